The molecular formula is C23H25N5O. The van der Waals surface area contributed by atoms with E-state index in [0.717, 1.165) is 29.7 Å². The van der Waals surface area contributed by atoms with E-state index >= 15 is 0 Å². The SMILES string of the molecule is Cc1ccc(-c2nc(-c3ccc(C(=O)N4CCC(N)CC4)cc3)cnc2N)cc1. The van der Waals surface area contributed by atoms with E-state index < -0.39 is 0 Å². The van der Waals surface area contributed by atoms with Gasteiger partial charge in [-0.1, -0.05) is 42.0 Å². The summed E-state index contributed by atoms with van der Waals surface area (Å²) >= 11 is 0. The summed E-state index contributed by atoms with van der Waals surface area (Å²) in [5, 5.41) is 0. The fourth-order valence-corrected chi connectivity index (χ4v) is 3.53. The van der Waals surface area contributed by atoms with Crippen LogP contribution in [0.15, 0.2) is 54.7 Å². The number of nitrogens with zero attached hydrogens (tertiary/aromatic N) is 3. The van der Waals surface area contributed by atoms with Crippen LogP contribution in [-0.4, -0.2) is 39.9 Å². The van der Waals surface area contributed by atoms with Crippen LogP contribution >= 0.6 is 0 Å². The molecule has 0 aliphatic carbocycles. The third kappa shape index (κ3) is 4.12. The zero-order valence-electron chi connectivity index (χ0n) is 16.5. The van der Waals surface area contributed by atoms with Crippen molar-refractivity contribution in [2.45, 2.75) is 25.8 Å². The van der Waals surface area contributed by atoms with Gasteiger partial charge in [-0.15, -0.1) is 0 Å². The van der Waals surface area contributed by atoms with Crippen LogP contribution in [0.2, 0.25) is 0 Å². The second kappa shape index (κ2) is 8.01. The Hall–Kier alpha value is -3.25. The highest BCUT2D eigenvalue weighted by molar-refractivity contribution is 5.94. The van der Waals surface area contributed by atoms with Crippen molar-refractivity contribution in [1.29, 1.82) is 0 Å². The molecule has 0 atom stereocenters. The maximum atomic E-state index is 12.7. The minimum absolute atomic E-state index is 0.0483. The Balaban J connectivity index is 1.57. The van der Waals surface area contributed by atoms with Crippen LogP contribution in [-0.2, 0) is 0 Å². The van der Waals surface area contributed by atoms with Crippen molar-refractivity contribution in [2.24, 2.45) is 5.73 Å². The highest BCUT2D eigenvalue weighted by Crippen LogP contribution is 2.26. The fraction of sp³-hybridized carbons (Fsp3) is 0.261. The van der Waals surface area contributed by atoms with Crippen molar-refractivity contribution in [2.75, 3.05) is 18.8 Å². The Morgan fingerprint density at radius 3 is 2.28 bits per heavy atom. The molecule has 6 heteroatoms. The maximum Gasteiger partial charge on any atom is 0.253 e. The molecule has 1 aromatic heterocycles. The number of aryl methyl sites for hydroxylation is 1. The number of carbonyl (C=O) groups excluding carboxylic acids is 1. The molecule has 0 spiro atoms. The number of aromatic nitrogens is 2. The van der Waals surface area contributed by atoms with E-state index in [0.29, 0.717) is 30.2 Å². The van der Waals surface area contributed by atoms with Crippen molar-refractivity contribution in [3.8, 4) is 22.5 Å². The summed E-state index contributed by atoms with van der Waals surface area (Å²) in [7, 11) is 0. The lowest BCUT2D eigenvalue weighted by atomic mass is 10.0. The third-order valence-corrected chi connectivity index (χ3v) is 5.38. The zero-order valence-corrected chi connectivity index (χ0v) is 16.5. The van der Waals surface area contributed by atoms with Gasteiger partial charge in [0.1, 0.15) is 11.5 Å². The average molecular weight is 387 g/mol. The minimum atomic E-state index is 0.0483. The molecule has 29 heavy (non-hydrogen) atoms. The molecule has 1 aliphatic heterocycles. The number of amides is 1. The normalized spacial score (nSPS) is 14.8. The van der Waals surface area contributed by atoms with Crippen LogP contribution < -0.4 is 11.5 Å². The van der Waals surface area contributed by atoms with E-state index in [4.69, 9.17) is 16.5 Å². The molecule has 4 N–H and O–H groups in total. The van der Waals surface area contributed by atoms with Gasteiger partial charge in [-0.2, -0.15) is 0 Å². The molecule has 1 aliphatic rings. The summed E-state index contributed by atoms with van der Waals surface area (Å²) in [5.74, 6) is 0.444. The largest absolute Gasteiger partial charge is 0.382 e. The number of piperidine rings is 1. The summed E-state index contributed by atoms with van der Waals surface area (Å²) in [4.78, 5) is 23.6. The summed E-state index contributed by atoms with van der Waals surface area (Å²) in [6.07, 6.45) is 3.37. The molecule has 1 amide bonds. The molecule has 4 rings (SSSR count). The zero-order chi connectivity index (χ0) is 20.4. The second-order valence-electron chi connectivity index (χ2n) is 7.56. The number of hydrogen-bond acceptors (Lipinski definition) is 5. The quantitative estimate of drug-likeness (QED) is 0.719. The van der Waals surface area contributed by atoms with Gasteiger partial charge in [0.2, 0.25) is 0 Å². The number of nitrogens with two attached hydrogens (primary N) is 2. The molecule has 0 bridgehead atoms. The molecule has 1 fully saturated rings. The molecule has 2 aromatic carbocycles. The number of anilines is 1. The first-order chi connectivity index (χ1) is 14.0. The number of likely N-dealkylation sites (tertiary alicyclic amines) is 1. The Bertz CT molecular complexity index is 1010. The predicted molar refractivity (Wildman–Crippen MR) is 115 cm³/mol. The summed E-state index contributed by atoms with van der Waals surface area (Å²) < 4.78 is 0. The van der Waals surface area contributed by atoms with Crippen LogP contribution in [0.4, 0.5) is 5.82 Å². The smallest absolute Gasteiger partial charge is 0.253 e. The molecule has 2 heterocycles. The van der Waals surface area contributed by atoms with Crippen molar-refractivity contribution < 1.29 is 4.79 Å². The van der Waals surface area contributed by atoms with Crippen molar-refractivity contribution in [3.05, 3.63) is 65.9 Å². The summed E-state index contributed by atoms with van der Waals surface area (Å²) in [6.45, 7) is 3.46. The van der Waals surface area contributed by atoms with E-state index in [9.17, 15) is 4.79 Å². The van der Waals surface area contributed by atoms with Gasteiger partial charge in [0, 0.05) is 35.8 Å². The van der Waals surface area contributed by atoms with Crippen LogP contribution in [0, 0.1) is 6.92 Å². The first kappa shape index (κ1) is 19.1. The third-order valence-electron chi connectivity index (χ3n) is 5.38. The van der Waals surface area contributed by atoms with Gasteiger partial charge in [-0.3, -0.25) is 4.79 Å². The van der Waals surface area contributed by atoms with Gasteiger partial charge in [0.15, 0.2) is 0 Å². The maximum absolute atomic E-state index is 12.7. The molecule has 0 radical (unpaired) electrons. The Labute approximate surface area is 170 Å². The van der Waals surface area contributed by atoms with Gasteiger partial charge in [0.25, 0.3) is 5.91 Å². The molecule has 0 saturated carbocycles. The number of rotatable bonds is 3. The first-order valence-electron chi connectivity index (χ1n) is 9.86. The molecule has 6 nitrogen and oxygen atoms in total. The number of benzene rings is 2. The van der Waals surface area contributed by atoms with E-state index in [2.05, 4.69) is 4.98 Å². The Morgan fingerprint density at radius 1 is 1.00 bits per heavy atom. The molecule has 1 saturated heterocycles. The number of hydrogen-bond donors (Lipinski definition) is 2. The lowest BCUT2D eigenvalue weighted by molar-refractivity contribution is 0.0715. The topological polar surface area (TPSA) is 98.1 Å². The second-order valence-corrected chi connectivity index (χ2v) is 7.56. The van der Waals surface area contributed by atoms with Gasteiger partial charge in [0.05, 0.1) is 11.9 Å². The predicted octanol–water partition coefficient (Wildman–Crippen LogP) is 3.26. The molecule has 3 aromatic rings. The minimum Gasteiger partial charge on any atom is -0.382 e. The fourth-order valence-electron chi connectivity index (χ4n) is 3.53. The highest BCUT2D eigenvalue weighted by atomic mass is 16.2. The van der Waals surface area contributed by atoms with Gasteiger partial charge in [-0.25, -0.2) is 9.97 Å². The van der Waals surface area contributed by atoms with Crippen LogP contribution in [0.25, 0.3) is 22.5 Å². The van der Waals surface area contributed by atoms with E-state index in [-0.39, 0.29) is 11.9 Å². The average Bonchev–Trinajstić information content (AvgIpc) is 2.75. The highest BCUT2D eigenvalue weighted by Gasteiger charge is 2.21. The van der Waals surface area contributed by atoms with E-state index in [1.807, 2.05) is 60.4 Å². The number of nitrogen functional groups attached to an aromatic ring is 1. The standard InChI is InChI=1S/C23H25N5O/c1-15-2-4-17(5-3-15)21-22(25)26-14-20(27-21)16-6-8-18(9-7-16)23(29)28-12-10-19(24)11-13-28/h2-9,14,19H,10-13,24H2,1H3,(H2,25,26). The van der Waals surface area contributed by atoms with Crippen LogP contribution in [0.1, 0.15) is 28.8 Å². The van der Waals surface area contributed by atoms with Gasteiger partial charge >= 0.3 is 0 Å². The van der Waals surface area contributed by atoms with Crippen molar-refractivity contribution >= 4 is 11.7 Å². The summed E-state index contributed by atoms with van der Waals surface area (Å²) in [5.41, 5.74) is 17.0. The Kier molecular flexibility index (Phi) is 5.27. The molecule has 0 unspecified atom stereocenters. The molecular weight excluding hydrogens is 362 g/mol. The lowest BCUT2D eigenvalue weighted by Gasteiger charge is -2.30. The first-order valence-corrected chi connectivity index (χ1v) is 9.86. The van der Waals surface area contributed by atoms with Crippen molar-refractivity contribution in [3.63, 3.8) is 0 Å². The van der Waals surface area contributed by atoms with E-state index in [1.165, 1.54) is 5.56 Å². The Morgan fingerprint density at radius 2 is 1.62 bits per heavy atom. The van der Waals surface area contributed by atoms with Crippen molar-refractivity contribution in [1.82, 2.24) is 14.9 Å². The number of carbonyl (C=O) groups is 1. The van der Waals surface area contributed by atoms with Crippen LogP contribution in [0.5, 0.6) is 0 Å². The van der Waals surface area contributed by atoms with Gasteiger partial charge < -0.3 is 16.4 Å². The summed E-state index contributed by atoms with van der Waals surface area (Å²) in [6, 6.07) is 15.7. The van der Waals surface area contributed by atoms with E-state index in [1.54, 1.807) is 6.20 Å². The van der Waals surface area contributed by atoms with Gasteiger partial charge in [-0.05, 0) is 31.9 Å². The lowest BCUT2D eigenvalue weighted by Crippen LogP contribution is -2.42. The molecule has 148 valence electrons. The monoisotopic (exact) mass is 387 g/mol. The van der Waals surface area contributed by atoms with Crippen LogP contribution in [0.3, 0.4) is 0 Å².